The summed E-state index contributed by atoms with van der Waals surface area (Å²) in [6.45, 7) is 0. The Bertz CT molecular complexity index is 799. The highest BCUT2D eigenvalue weighted by atomic mass is 79.9. The van der Waals surface area contributed by atoms with E-state index in [9.17, 15) is 13.2 Å². The molecule has 1 heterocycles. The van der Waals surface area contributed by atoms with Crippen molar-refractivity contribution >= 4 is 72.1 Å². The van der Waals surface area contributed by atoms with Gasteiger partial charge in [0.15, 0.2) is 0 Å². The van der Waals surface area contributed by atoms with Crippen LogP contribution in [-0.2, 0) is 10.0 Å². The molecular weight excluding hydrogens is 425 g/mol. The molecule has 1 aromatic heterocycles. The smallest absolute Gasteiger partial charge is 0.345 e. The van der Waals surface area contributed by atoms with Gasteiger partial charge in [-0.15, -0.1) is 11.3 Å². The van der Waals surface area contributed by atoms with Crippen LogP contribution in [0.4, 0.5) is 5.69 Å². The summed E-state index contributed by atoms with van der Waals surface area (Å²) in [4.78, 5) is 10.6. The third-order valence-electron chi connectivity index (χ3n) is 2.35. The van der Waals surface area contributed by atoms with Crippen LogP contribution >= 0.6 is 50.5 Å². The summed E-state index contributed by atoms with van der Waals surface area (Å²) in [6.07, 6.45) is 0. The Hall–Kier alpha value is -0.800. The number of benzene rings is 1. The lowest BCUT2D eigenvalue weighted by Crippen LogP contribution is -2.13. The standard InChI is InChI=1S/C11H6BrCl2NO4S2/c12-10-8(4-7(20-10)11(16)17)21(18,19)15-9-5(13)2-1-3-6(9)14/h1-4,15H,(H,16,17). The molecule has 0 spiro atoms. The van der Waals surface area contributed by atoms with Crippen molar-refractivity contribution in [2.45, 2.75) is 4.90 Å². The molecule has 0 unspecified atom stereocenters. The van der Waals surface area contributed by atoms with Crippen LogP contribution in [0.1, 0.15) is 9.67 Å². The Morgan fingerprint density at radius 1 is 1.29 bits per heavy atom. The van der Waals surface area contributed by atoms with Crippen molar-refractivity contribution in [1.29, 1.82) is 0 Å². The van der Waals surface area contributed by atoms with E-state index in [1.807, 2.05) is 0 Å². The van der Waals surface area contributed by atoms with Crippen molar-refractivity contribution in [1.82, 2.24) is 0 Å². The quantitative estimate of drug-likeness (QED) is 0.756. The van der Waals surface area contributed by atoms with Gasteiger partial charge in [-0.2, -0.15) is 0 Å². The molecule has 10 heteroatoms. The number of para-hydroxylation sites is 1. The first-order valence-electron chi connectivity index (χ1n) is 5.22. The Morgan fingerprint density at radius 2 is 1.86 bits per heavy atom. The van der Waals surface area contributed by atoms with E-state index in [0.717, 1.165) is 17.4 Å². The van der Waals surface area contributed by atoms with Crippen LogP contribution in [0, 0.1) is 0 Å². The molecule has 0 amide bonds. The van der Waals surface area contributed by atoms with Crippen molar-refractivity contribution < 1.29 is 18.3 Å². The van der Waals surface area contributed by atoms with Crippen molar-refractivity contribution in [3.05, 3.63) is 43.0 Å². The van der Waals surface area contributed by atoms with Crippen molar-refractivity contribution in [2.24, 2.45) is 0 Å². The molecular formula is C11H6BrCl2NO4S2. The van der Waals surface area contributed by atoms with Gasteiger partial charge in [0, 0.05) is 0 Å². The molecule has 2 aromatic rings. The largest absolute Gasteiger partial charge is 0.477 e. The third-order valence-corrected chi connectivity index (χ3v) is 6.57. The van der Waals surface area contributed by atoms with E-state index < -0.39 is 16.0 Å². The number of carboxylic acids is 1. The molecule has 0 radical (unpaired) electrons. The highest BCUT2D eigenvalue weighted by Crippen LogP contribution is 2.36. The number of aromatic carboxylic acids is 1. The summed E-state index contributed by atoms with van der Waals surface area (Å²) >= 11 is 15.6. The summed E-state index contributed by atoms with van der Waals surface area (Å²) in [7, 11) is -4.02. The van der Waals surface area contributed by atoms with Crippen molar-refractivity contribution in [2.75, 3.05) is 4.72 Å². The number of thiophene rings is 1. The first-order chi connectivity index (χ1) is 9.72. The molecule has 0 atom stereocenters. The summed E-state index contributed by atoms with van der Waals surface area (Å²) in [6, 6.07) is 5.60. The van der Waals surface area contributed by atoms with Gasteiger partial charge in [-0.1, -0.05) is 29.3 Å². The molecule has 2 rings (SSSR count). The van der Waals surface area contributed by atoms with Crippen LogP contribution in [0.5, 0.6) is 0 Å². The molecule has 0 saturated carbocycles. The topological polar surface area (TPSA) is 83.5 Å². The number of nitrogens with one attached hydrogen (secondary N) is 1. The fraction of sp³-hybridized carbons (Fsp3) is 0. The van der Waals surface area contributed by atoms with Crippen LogP contribution in [-0.4, -0.2) is 19.5 Å². The fourth-order valence-corrected chi connectivity index (χ4v) is 5.53. The van der Waals surface area contributed by atoms with Gasteiger partial charge in [-0.3, -0.25) is 4.72 Å². The maximum atomic E-state index is 12.3. The monoisotopic (exact) mass is 429 g/mol. The predicted octanol–water partition coefficient (Wildman–Crippen LogP) is 4.32. The lowest BCUT2D eigenvalue weighted by atomic mass is 10.3. The average Bonchev–Trinajstić information content (AvgIpc) is 2.77. The second-order valence-corrected chi connectivity index (χ2v) is 8.59. The molecule has 1 aromatic carbocycles. The number of hydrogen-bond acceptors (Lipinski definition) is 4. The van der Waals surface area contributed by atoms with E-state index in [1.165, 1.54) is 12.1 Å². The normalized spacial score (nSPS) is 11.4. The number of rotatable bonds is 4. The zero-order valence-electron chi connectivity index (χ0n) is 9.93. The molecule has 5 nitrogen and oxygen atoms in total. The number of sulfonamides is 1. The first kappa shape index (κ1) is 16.6. The highest BCUT2D eigenvalue weighted by Gasteiger charge is 2.24. The minimum absolute atomic E-state index is 0.0378. The van der Waals surface area contributed by atoms with E-state index in [2.05, 4.69) is 20.7 Å². The molecule has 21 heavy (non-hydrogen) atoms. The van der Waals surface area contributed by atoms with Gasteiger partial charge in [0.05, 0.1) is 19.5 Å². The Labute approximate surface area is 142 Å². The first-order valence-corrected chi connectivity index (χ1v) is 9.06. The van der Waals surface area contributed by atoms with Gasteiger partial charge in [0.2, 0.25) is 0 Å². The van der Waals surface area contributed by atoms with E-state index >= 15 is 0 Å². The molecule has 0 bridgehead atoms. The Kier molecular flexibility index (Phi) is 4.84. The Morgan fingerprint density at radius 3 is 2.33 bits per heavy atom. The van der Waals surface area contributed by atoms with Gasteiger partial charge >= 0.3 is 5.97 Å². The predicted molar refractivity (Wildman–Crippen MR) is 86.2 cm³/mol. The van der Waals surface area contributed by atoms with E-state index in [4.69, 9.17) is 28.3 Å². The van der Waals surface area contributed by atoms with Crippen molar-refractivity contribution in [3.8, 4) is 0 Å². The van der Waals surface area contributed by atoms with Crippen LogP contribution in [0.2, 0.25) is 10.0 Å². The molecule has 0 saturated heterocycles. The molecule has 0 aliphatic heterocycles. The van der Waals surface area contributed by atoms with Crippen LogP contribution in [0.15, 0.2) is 32.9 Å². The molecule has 0 aliphatic carbocycles. The minimum Gasteiger partial charge on any atom is -0.477 e. The summed E-state index contributed by atoms with van der Waals surface area (Å²) in [5.74, 6) is -1.21. The van der Waals surface area contributed by atoms with Crippen molar-refractivity contribution in [3.63, 3.8) is 0 Å². The molecule has 0 aliphatic rings. The van der Waals surface area contributed by atoms with Gasteiger partial charge in [0.1, 0.15) is 9.77 Å². The minimum atomic E-state index is -4.02. The summed E-state index contributed by atoms with van der Waals surface area (Å²) in [5, 5.41) is 9.17. The van der Waals surface area contributed by atoms with E-state index in [-0.39, 0.29) is 29.3 Å². The van der Waals surface area contributed by atoms with Crippen LogP contribution in [0.25, 0.3) is 0 Å². The zero-order valence-corrected chi connectivity index (χ0v) is 14.7. The summed E-state index contributed by atoms with van der Waals surface area (Å²) < 4.78 is 27.1. The number of carbonyl (C=O) groups is 1. The second-order valence-electron chi connectivity index (χ2n) is 3.76. The van der Waals surface area contributed by atoms with Crippen LogP contribution < -0.4 is 4.72 Å². The second kappa shape index (κ2) is 6.13. The van der Waals surface area contributed by atoms with Gasteiger partial charge < -0.3 is 5.11 Å². The number of hydrogen-bond donors (Lipinski definition) is 2. The summed E-state index contributed by atoms with van der Waals surface area (Å²) in [5.41, 5.74) is 0.0378. The Balaban J connectivity index is 2.46. The maximum absolute atomic E-state index is 12.3. The van der Waals surface area contributed by atoms with E-state index in [0.29, 0.717) is 0 Å². The number of halogens is 3. The van der Waals surface area contributed by atoms with Gasteiger partial charge in [-0.05, 0) is 34.1 Å². The van der Waals surface area contributed by atoms with Gasteiger partial charge in [0.25, 0.3) is 10.0 Å². The maximum Gasteiger partial charge on any atom is 0.345 e. The fourth-order valence-electron chi connectivity index (χ4n) is 1.43. The number of anilines is 1. The zero-order chi connectivity index (χ0) is 15.8. The van der Waals surface area contributed by atoms with Crippen LogP contribution in [0.3, 0.4) is 0 Å². The SMILES string of the molecule is O=C(O)c1cc(S(=O)(=O)Nc2c(Cl)cccc2Cl)c(Br)s1. The highest BCUT2D eigenvalue weighted by molar-refractivity contribution is 9.11. The van der Waals surface area contributed by atoms with Gasteiger partial charge in [-0.25, -0.2) is 13.2 Å². The number of carboxylic acid groups (broad SMARTS) is 1. The van der Waals surface area contributed by atoms with E-state index in [1.54, 1.807) is 6.07 Å². The lowest BCUT2D eigenvalue weighted by molar-refractivity contribution is 0.0702. The molecule has 0 fully saturated rings. The molecule has 2 N–H and O–H groups in total. The average molecular weight is 431 g/mol. The lowest BCUT2D eigenvalue weighted by Gasteiger charge is -2.10. The third kappa shape index (κ3) is 3.51. The molecule has 112 valence electrons.